The average molecular weight is 480 g/mol. The number of nitriles is 1. The molecule has 2 unspecified atom stereocenters. The number of allylic oxidation sites excluding steroid dienone is 1. The van der Waals surface area contributed by atoms with Gasteiger partial charge in [0.15, 0.2) is 0 Å². The van der Waals surface area contributed by atoms with Crippen LogP contribution in [0.3, 0.4) is 0 Å². The number of nitrogens with zero attached hydrogens (tertiary/aromatic N) is 3. The second-order valence-corrected chi connectivity index (χ2v) is 9.31. The number of ether oxygens (including phenoxy) is 1. The molecule has 2 atom stereocenters. The van der Waals surface area contributed by atoms with Crippen molar-refractivity contribution in [2.24, 2.45) is 11.8 Å². The van der Waals surface area contributed by atoms with Gasteiger partial charge in [0.1, 0.15) is 6.04 Å². The molecule has 35 heavy (non-hydrogen) atoms. The Kier molecular flexibility index (Phi) is 13.9. The van der Waals surface area contributed by atoms with Crippen molar-refractivity contribution in [3.8, 4) is 6.07 Å². The summed E-state index contributed by atoms with van der Waals surface area (Å²) in [5, 5.41) is 10.1. The molecule has 0 amide bonds. The van der Waals surface area contributed by atoms with E-state index in [1.54, 1.807) is 6.08 Å². The van der Waals surface area contributed by atoms with Crippen LogP contribution in [0.4, 0.5) is 0 Å². The van der Waals surface area contributed by atoms with Crippen LogP contribution in [0.25, 0.3) is 0 Å². The van der Waals surface area contributed by atoms with Gasteiger partial charge in [-0.15, -0.1) is 19.7 Å². The maximum atomic E-state index is 12.7. The Labute approximate surface area is 213 Å². The van der Waals surface area contributed by atoms with E-state index in [-0.39, 0.29) is 23.8 Å². The van der Waals surface area contributed by atoms with Crippen LogP contribution in [-0.4, -0.2) is 61.1 Å². The summed E-state index contributed by atoms with van der Waals surface area (Å²) < 4.78 is 5.37. The summed E-state index contributed by atoms with van der Waals surface area (Å²) in [6.07, 6.45) is 7.19. The summed E-state index contributed by atoms with van der Waals surface area (Å²) in [5.41, 5.74) is 0.594. The van der Waals surface area contributed by atoms with Gasteiger partial charge >= 0.3 is 5.97 Å². The number of hydrogen-bond donors (Lipinski definition) is 0. The Morgan fingerprint density at radius 3 is 2.37 bits per heavy atom. The molecule has 0 radical (unpaired) electrons. The Morgan fingerprint density at radius 2 is 1.86 bits per heavy atom. The van der Waals surface area contributed by atoms with Crippen molar-refractivity contribution in [3.63, 3.8) is 0 Å². The highest BCUT2D eigenvalue weighted by Gasteiger charge is 2.37. The van der Waals surface area contributed by atoms with Crippen molar-refractivity contribution in [1.29, 1.82) is 5.26 Å². The molecule has 1 aliphatic rings. The quantitative estimate of drug-likeness (QED) is 0.288. The fraction of sp³-hybridized carbons (Fsp3) is 0.533. The first-order valence-electron chi connectivity index (χ1n) is 12.7. The Hall–Kier alpha value is -2.68. The Bertz CT molecular complexity index is 822. The van der Waals surface area contributed by atoms with E-state index < -0.39 is 5.41 Å². The molecule has 1 aliphatic heterocycles. The van der Waals surface area contributed by atoms with E-state index in [1.807, 2.05) is 44.2 Å². The first kappa shape index (κ1) is 30.4. The van der Waals surface area contributed by atoms with Gasteiger partial charge in [-0.05, 0) is 44.7 Å². The molecular formula is C30H45N3O2. The summed E-state index contributed by atoms with van der Waals surface area (Å²) in [6.45, 7) is 23.4. The van der Waals surface area contributed by atoms with Crippen LogP contribution < -0.4 is 0 Å². The van der Waals surface area contributed by atoms with Crippen LogP contribution in [0.1, 0.15) is 46.1 Å². The van der Waals surface area contributed by atoms with E-state index in [4.69, 9.17) is 4.74 Å². The van der Waals surface area contributed by atoms with Gasteiger partial charge in [-0.2, -0.15) is 5.26 Å². The van der Waals surface area contributed by atoms with Crippen molar-refractivity contribution in [2.75, 3.05) is 39.3 Å². The van der Waals surface area contributed by atoms with Crippen LogP contribution in [0.2, 0.25) is 0 Å². The molecule has 0 saturated carbocycles. The fourth-order valence-corrected chi connectivity index (χ4v) is 4.61. The van der Waals surface area contributed by atoms with Crippen molar-refractivity contribution >= 4 is 5.97 Å². The topological polar surface area (TPSA) is 56.6 Å². The third-order valence-corrected chi connectivity index (χ3v) is 6.70. The standard InChI is InChI=1S/C27H39N3O2.C3H6/c1-6-23(7-2)19-30-18-17-29(20-25(30)26(31)32-8-3)16-12-15-27(21-28,22(4)5)24-13-10-9-11-14-24;1-3-2/h6-7,9-11,13-14,22-23,25H,1-2,8,12,15-20H2,3-5H3;3H,1H2,2H3. The van der Waals surface area contributed by atoms with Gasteiger partial charge in [0, 0.05) is 32.1 Å². The zero-order valence-corrected chi connectivity index (χ0v) is 22.3. The summed E-state index contributed by atoms with van der Waals surface area (Å²) in [6, 6.07) is 12.5. The largest absolute Gasteiger partial charge is 0.465 e. The lowest BCUT2D eigenvalue weighted by molar-refractivity contribution is -0.152. The zero-order valence-electron chi connectivity index (χ0n) is 22.3. The molecule has 2 rings (SSSR count). The molecule has 1 saturated heterocycles. The predicted octanol–water partition coefficient (Wildman–Crippen LogP) is 5.61. The second-order valence-electron chi connectivity index (χ2n) is 9.31. The summed E-state index contributed by atoms with van der Waals surface area (Å²) >= 11 is 0. The molecule has 1 fully saturated rings. The van der Waals surface area contributed by atoms with Crippen LogP contribution >= 0.6 is 0 Å². The lowest BCUT2D eigenvalue weighted by atomic mass is 9.70. The Morgan fingerprint density at radius 1 is 1.23 bits per heavy atom. The lowest BCUT2D eigenvalue weighted by Gasteiger charge is -2.41. The van der Waals surface area contributed by atoms with E-state index in [2.05, 4.69) is 61.6 Å². The number of benzene rings is 1. The molecule has 0 aromatic heterocycles. The lowest BCUT2D eigenvalue weighted by Crippen LogP contribution is -2.57. The number of esters is 1. The van der Waals surface area contributed by atoms with E-state index in [9.17, 15) is 10.1 Å². The minimum Gasteiger partial charge on any atom is -0.465 e. The van der Waals surface area contributed by atoms with Gasteiger partial charge in [-0.25, -0.2) is 0 Å². The fourth-order valence-electron chi connectivity index (χ4n) is 4.61. The number of hydrogen-bond acceptors (Lipinski definition) is 5. The van der Waals surface area contributed by atoms with Crippen LogP contribution in [0.15, 0.2) is 68.3 Å². The number of piperazine rings is 1. The highest BCUT2D eigenvalue weighted by Crippen LogP contribution is 2.36. The molecule has 0 N–H and O–H groups in total. The van der Waals surface area contributed by atoms with E-state index in [0.717, 1.165) is 44.6 Å². The highest BCUT2D eigenvalue weighted by molar-refractivity contribution is 5.76. The highest BCUT2D eigenvalue weighted by atomic mass is 16.5. The second kappa shape index (κ2) is 16.1. The molecule has 0 aliphatic carbocycles. The summed E-state index contributed by atoms with van der Waals surface area (Å²) in [4.78, 5) is 17.2. The smallest absolute Gasteiger partial charge is 0.324 e. The molecule has 0 bridgehead atoms. The molecule has 5 heteroatoms. The maximum absolute atomic E-state index is 12.7. The van der Waals surface area contributed by atoms with Crippen molar-refractivity contribution < 1.29 is 9.53 Å². The van der Waals surface area contributed by atoms with Gasteiger partial charge in [0.2, 0.25) is 0 Å². The first-order valence-corrected chi connectivity index (χ1v) is 12.7. The number of carbonyl (C=O) groups excluding carboxylic acids is 1. The zero-order chi connectivity index (χ0) is 26.3. The van der Waals surface area contributed by atoms with Gasteiger partial charge in [-0.1, -0.05) is 62.4 Å². The molecule has 1 aromatic carbocycles. The number of carbonyl (C=O) groups is 1. The van der Waals surface area contributed by atoms with Crippen molar-refractivity contribution in [1.82, 2.24) is 9.80 Å². The minimum atomic E-state index is -0.495. The summed E-state index contributed by atoms with van der Waals surface area (Å²) in [5.74, 6) is 0.197. The molecule has 0 spiro atoms. The molecule has 1 aromatic rings. The monoisotopic (exact) mass is 479 g/mol. The predicted molar refractivity (Wildman–Crippen MR) is 146 cm³/mol. The van der Waals surface area contributed by atoms with Gasteiger partial charge < -0.3 is 4.74 Å². The third-order valence-electron chi connectivity index (χ3n) is 6.70. The summed E-state index contributed by atoms with van der Waals surface area (Å²) in [7, 11) is 0. The van der Waals surface area contributed by atoms with Gasteiger partial charge in [0.25, 0.3) is 0 Å². The SMILES string of the molecule is C=CC.C=CC(C=C)CN1CCN(CCCC(C#N)(c2ccccc2)C(C)C)CC1C(=O)OCC. The van der Waals surface area contributed by atoms with Crippen molar-refractivity contribution in [3.05, 3.63) is 73.9 Å². The molecule has 192 valence electrons. The maximum Gasteiger partial charge on any atom is 0.324 e. The third kappa shape index (κ3) is 8.80. The van der Waals surface area contributed by atoms with Crippen LogP contribution in [-0.2, 0) is 14.9 Å². The normalized spacial score (nSPS) is 18.0. The number of rotatable bonds is 12. The van der Waals surface area contributed by atoms with E-state index >= 15 is 0 Å². The van der Waals surface area contributed by atoms with E-state index in [0.29, 0.717) is 13.2 Å². The van der Waals surface area contributed by atoms with Gasteiger partial charge in [-0.3, -0.25) is 14.6 Å². The minimum absolute atomic E-state index is 0.145. The average Bonchev–Trinajstić information content (AvgIpc) is 2.86. The molecular weight excluding hydrogens is 434 g/mol. The molecule has 5 nitrogen and oxygen atoms in total. The van der Waals surface area contributed by atoms with Crippen molar-refractivity contribution in [2.45, 2.75) is 52.0 Å². The van der Waals surface area contributed by atoms with E-state index in [1.165, 1.54) is 0 Å². The first-order chi connectivity index (χ1) is 16.8. The van der Waals surface area contributed by atoms with Gasteiger partial charge in [0.05, 0.1) is 18.1 Å². The Balaban J connectivity index is 0.00000194. The molecule has 1 heterocycles. The van der Waals surface area contributed by atoms with Crippen LogP contribution in [0, 0.1) is 23.2 Å². The van der Waals surface area contributed by atoms with Crippen LogP contribution in [0.5, 0.6) is 0 Å².